The van der Waals surface area contributed by atoms with E-state index in [0.29, 0.717) is 24.4 Å². The first-order valence-corrected chi connectivity index (χ1v) is 5.74. The predicted octanol–water partition coefficient (Wildman–Crippen LogP) is 1.47. The van der Waals surface area contributed by atoms with Gasteiger partial charge in [0.25, 0.3) is 5.91 Å². The standard InChI is InChI=1S/C13H17N3O2/c1-16(5-6-18-2)13(17)11-8-15-12-4-3-9(14)7-10(11)12/h3-4,7-8,15H,5-6,14H2,1-2H3. The van der Waals surface area contributed by atoms with Crippen molar-refractivity contribution in [1.82, 2.24) is 9.88 Å². The van der Waals surface area contributed by atoms with Gasteiger partial charge in [-0.25, -0.2) is 0 Å². The Morgan fingerprint density at radius 1 is 1.50 bits per heavy atom. The number of nitrogens with zero attached hydrogens (tertiary/aromatic N) is 1. The Morgan fingerprint density at radius 3 is 3.00 bits per heavy atom. The maximum absolute atomic E-state index is 12.2. The van der Waals surface area contributed by atoms with Crippen LogP contribution in [0.15, 0.2) is 24.4 Å². The summed E-state index contributed by atoms with van der Waals surface area (Å²) in [6.45, 7) is 1.08. The van der Waals surface area contributed by atoms with Crippen molar-refractivity contribution in [2.45, 2.75) is 0 Å². The topological polar surface area (TPSA) is 71.3 Å². The summed E-state index contributed by atoms with van der Waals surface area (Å²) >= 11 is 0. The molecule has 0 saturated carbocycles. The van der Waals surface area contributed by atoms with Crippen LogP contribution in [-0.4, -0.2) is 43.1 Å². The van der Waals surface area contributed by atoms with Gasteiger partial charge in [-0.05, 0) is 18.2 Å². The summed E-state index contributed by atoms with van der Waals surface area (Å²) in [5.74, 6) is -0.0381. The lowest BCUT2D eigenvalue weighted by atomic mass is 10.1. The van der Waals surface area contributed by atoms with Crippen LogP contribution in [0.2, 0.25) is 0 Å². The van der Waals surface area contributed by atoms with E-state index in [1.807, 2.05) is 18.2 Å². The van der Waals surface area contributed by atoms with Crippen LogP contribution in [0.1, 0.15) is 10.4 Å². The Balaban J connectivity index is 2.30. The lowest BCUT2D eigenvalue weighted by molar-refractivity contribution is 0.0746. The normalized spacial score (nSPS) is 10.8. The molecule has 2 rings (SSSR count). The molecule has 1 amide bonds. The second-order valence-corrected chi connectivity index (χ2v) is 4.23. The smallest absolute Gasteiger partial charge is 0.255 e. The number of nitrogen functional groups attached to an aromatic ring is 1. The van der Waals surface area contributed by atoms with E-state index in [4.69, 9.17) is 10.5 Å². The highest BCUT2D eigenvalue weighted by atomic mass is 16.5. The number of ether oxygens (including phenoxy) is 1. The number of anilines is 1. The van der Waals surface area contributed by atoms with E-state index in [0.717, 1.165) is 10.9 Å². The number of H-pyrrole nitrogens is 1. The van der Waals surface area contributed by atoms with Gasteiger partial charge in [0.05, 0.1) is 12.2 Å². The molecule has 5 nitrogen and oxygen atoms in total. The summed E-state index contributed by atoms with van der Waals surface area (Å²) in [7, 11) is 3.37. The molecule has 0 saturated heterocycles. The van der Waals surface area contributed by atoms with Gasteiger partial charge in [0.1, 0.15) is 0 Å². The van der Waals surface area contributed by atoms with E-state index < -0.39 is 0 Å². The third-order valence-corrected chi connectivity index (χ3v) is 2.91. The first-order chi connectivity index (χ1) is 8.63. The van der Waals surface area contributed by atoms with Gasteiger partial charge in [0.2, 0.25) is 0 Å². The second-order valence-electron chi connectivity index (χ2n) is 4.23. The number of nitrogens with two attached hydrogens (primary N) is 1. The molecule has 0 aliphatic heterocycles. The number of benzene rings is 1. The molecular weight excluding hydrogens is 230 g/mol. The summed E-state index contributed by atoms with van der Waals surface area (Å²) in [5, 5.41) is 0.851. The number of hydrogen-bond acceptors (Lipinski definition) is 3. The van der Waals surface area contributed by atoms with Crippen LogP contribution in [0.25, 0.3) is 10.9 Å². The number of aromatic nitrogens is 1. The number of fused-ring (bicyclic) bond motifs is 1. The fourth-order valence-corrected chi connectivity index (χ4v) is 1.85. The molecule has 1 aromatic heterocycles. The zero-order valence-corrected chi connectivity index (χ0v) is 10.6. The molecule has 0 radical (unpaired) electrons. The zero-order valence-electron chi connectivity index (χ0n) is 10.6. The molecule has 3 N–H and O–H groups in total. The zero-order chi connectivity index (χ0) is 13.1. The molecule has 96 valence electrons. The molecule has 0 bridgehead atoms. The van der Waals surface area contributed by atoms with Crippen molar-refractivity contribution < 1.29 is 9.53 Å². The van der Waals surface area contributed by atoms with Crippen LogP contribution in [0.3, 0.4) is 0 Å². The molecular formula is C13H17N3O2. The van der Waals surface area contributed by atoms with E-state index >= 15 is 0 Å². The average molecular weight is 247 g/mol. The number of carbonyl (C=O) groups is 1. The number of carbonyl (C=O) groups excluding carboxylic acids is 1. The van der Waals surface area contributed by atoms with E-state index in [1.54, 1.807) is 25.3 Å². The molecule has 0 aliphatic rings. The molecule has 5 heteroatoms. The minimum absolute atomic E-state index is 0.0381. The fraction of sp³-hybridized carbons (Fsp3) is 0.308. The molecule has 0 fully saturated rings. The van der Waals surface area contributed by atoms with Crippen molar-refractivity contribution in [2.75, 3.05) is 33.0 Å². The third kappa shape index (κ3) is 2.31. The highest BCUT2D eigenvalue weighted by molar-refractivity contribution is 6.07. The molecule has 18 heavy (non-hydrogen) atoms. The van der Waals surface area contributed by atoms with Crippen molar-refractivity contribution in [1.29, 1.82) is 0 Å². The number of likely N-dealkylation sites (N-methyl/N-ethyl adjacent to an activating group) is 1. The van der Waals surface area contributed by atoms with E-state index in [9.17, 15) is 4.79 Å². The number of amides is 1. The number of rotatable bonds is 4. The molecule has 0 spiro atoms. The predicted molar refractivity (Wildman–Crippen MR) is 71.5 cm³/mol. The van der Waals surface area contributed by atoms with Crippen molar-refractivity contribution >= 4 is 22.5 Å². The first kappa shape index (κ1) is 12.4. The van der Waals surface area contributed by atoms with Crippen LogP contribution < -0.4 is 5.73 Å². The number of methoxy groups -OCH3 is 1. The summed E-state index contributed by atoms with van der Waals surface area (Å²) in [5.41, 5.74) is 7.94. The van der Waals surface area contributed by atoms with Gasteiger partial charge in [-0.2, -0.15) is 0 Å². The van der Waals surface area contributed by atoms with Gasteiger partial charge in [-0.3, -0.25) is 4.79 Å². The number of hydrogen-bond donors (Lipinski definition) is 2. The Morgan fingerprint density at radius 2 is 2.28 bits per heavy atom. The van der Waals surface area contributed by atoms with Gasteiger partial charge < -0.3 is 20.4 Å². The van der Waals surface area contributed by atoms with Crippen LogP contribution in [-0.2, 0) is 4.74 Å². The molecule has 0 atom stereocenters. The molecule has 1 aromatic carbocycles. The summed E-state index contributed by atoms with van der Waals surface area (Å²) < 4.78 is 4.96. The van der Waals surface area contributed by atoms with Crippen LogP contribution in [0.4, 0.5) is 5.69 Å². The van der Waals surface area contributed by atoms with Crippen LogP contribution in [0, 0.1) is 0 Å². The van der Waals surface area contributed by atoms with Gasteiger partial charge in [0.15, 0.2) is 0 Å². The van der Waals surface area contributed by atoms with Gasteiger partial charge >= 0.3 is 0 Å². The van der Waals surface area contributed by atoms with Crippen LogP contribution in [0.5, 0.6) is 0 Å². The number of aromatic amines is 1. The Hall–Kier alpha value is -2.01. The molecule has 1 heterocycles. The van der Waals surface area contributed by atoms with Gasteiger partial charge in [0, 0.05) is 43.5 Å². The first-order valence-electron chi connectivity index (χ1n) is 5.74. The minimum atomic E-state index is -0.0381. The lowest BCUT2D eigenvalue weighted by Crippen LogP contribution is -2.29. The van der Waals surface area contributed by atoms with Crippen molar-refractivity contribution in [3.63, 3.8) is 0 Å². The Labute approximate surface area is 106 Å². The molecule has 0 aliphatic carbocycles. The largest absolute Gasteiger partial charge is 0.399 e. The minimum Gasteiger partial charge on any atom is -0.399 e. The van der Waals surface area contributed by atoms with E-state index in [1.165, 1.54) is 0 Å². The summed E-state index contributed by atoms with van der Waals surface area (Å²) in [6.07, 6.45) is 1.72. The van der Waals surface area contributed by atoms with Crippen molar-refractivity contribution in [2.24, 2.45) is 0 Å². The van der Waals surface area contributed by atoms with E-state index in [-0.39, 0.29) is 5.91 Å². The Bertz CT molecular complexity index is 562. The molecule has 0 unspecified atom stereocenters. The van der Waals surface area contributed by atoms with Crippen molar-refractivity contribution in [3.05, 3.63) is 30.0 Å². The fourth-order valence-electron chi connectivity index (χ4n) is 1.85. The maximum atomic E-state index is 12.2. The van der Waals surface area contributed by atoms with Crippen LogP contribution >= 0.6 is 0 Å². The van der Waals surface area contributed by atoms with Crippen molar-refractivity contribution in [3.8, 4) is 0 Å². The average Bonchev–Trinajstić information content (AvgIpc) is 2.77. The van der Waals surface area contributed by atoms with Gasteiger partial charge in [-0.15, -0.1) is 0 Å². The quantitative estimate of drug-likeness (QED) is 0.804. The third-order valence-electron chi connectivity index (χ3n) is 2.91. The SMILES string of the molecule is COCCN(C)C(=O)c1c[nH]c2ccc(N)cc12. The maximum Gasteiger partial charge on any atom is 0.255 e. The second kappa shape index (κ2) is 5.10. The summed E-state index contributed by atoms with van der Waals surface area (Å²) in [4.78, 5) is 17.0. The highest BCUT2D eigenvalue weighted by Gasteiger charge is 2.15. The monoisotopic (exact) mass is 247 g/mol. The number of nitrogens with one attached hydrogen (secondary N) is 1. The Kier molecular flexibility index (Phi) is 3.53. The highest BCUT2D eigenvalue weighted by Crippen LogP contribution is 2.21. The summed E-state index contributed by atoms with van der Waals surface area (Å²) in [6, 6.07) is 5.49. The lowest BCUT2D eigenvalue weighted by Gasteiger charge is -2.16. The van der Waals surface area contributed by atoms with E-state index in [2.05, 4.69) is 4.98 Å². The molecule has 2 aromatic rings. The van der Waals surface area contributed by atoms with Gasteiger partial charge in [-0.1, -0.05) is 0 Å².